The lowest BCUT2D eigenvalue weighted by Gasteiger charge is -2.25. The Bertz CT molecular complexity index is 4280. The van der Waals surface area contributed by atoms with Crippen LogP contribution < -0.4 is 10.6 Å². The molecule has 73 heavy (non-hydrogen) atoms. The van der Waals surface area contributed by atoms with Crippen LogP contribution in [0.3, 0.4) is 0 Å². The molecule has 6 heterocycles. The Hall–Kier alpha value is -9.38. The summed E-state index contributed by atoms with van der Waals surface area (Å²) in [5.74, 6) is -2.38. The molecule has 2 aliphatic heterocycles. The number of carbonyl (C=O) groups is 6. The van der Waals surface area contributed by atoms with E-state index < -0.39 is 16.7 Å². The van der Waals surface area contributed by atoms with Gasteiger partial charge in [0.25, 0.3) is 29.3 Å². The number of fused-ring (bicyclic) bond motifs is 20. The van der Waals surface area contributed by atoms with Crippen molar-refractivity contribution in [2.45, 2.75) is 63.8 Å². The minimum absolute atomic E-state index is 0.00274. The number of rotatable bonds is 5. The zero-order chi connectivity index (χ0) is 50.1. The molecular formula is C56H41N7O10. The molecule has 0 bridgehead atoms. The quantitative estimate of drug-likeness (QED) is 0.0419. The molecule has 0 fully saturated rings. The van der Waals surface area contributed by atoms with E-state index in [4.69, 9.17) is 9.47 Å². The van der Waals surface area contributed by atoms with Crippen LogP contribution in [0.15, 0.2) is 115 Å². The molecule has 360 valence electrons. The molecular weight excluding hydrogens is 931 g/mol. The minimum Gasteiger partial charge on any atom is -0.458 e. The molecule has 0 saturated heterocycles. The monoisotopic (exact) mass is 971 g/mol. The highest BCUT2D eigenvalue weighted by atomic mass is 16.6. The van der Waals surface area contributed by atoms with Crippen molar-refractivity contribution >= 4 is 128 Å². The first-order chi connectivity index (χ1) is 35.4. The number of nitrogens with one attached hydrogen (secondary N) is 4. The number of nitro benzene ring substituents is 1. The first-order valence-electron chi connectivity index (χ1n) is 24.0. The van der Waals surface area contributed by atoms with Crippen LogP contribution in [0.5, 0.6) is 0 Å². The Balaban J connectivity index is 0.000000142. The van der Waals surface area contributed by atoms with Crippen LogP contribution in [-0.4, -0.2) is 71.8 Å². The van der Waals surface area contributed by atoms with Crippen LogP contribution >= 0.6 is 0 Å². The molecule has 4 aliphatic rings. The van der Waals surface area contributed by atoms with E-state index in [1.54, 1.807) is 6.07 Å². The van der Waals surface area contributed by atoms with E-state index in [1.807, 2.05) is 85.0 Å². The molecule has 6 aromatic carbocycles. The van der Waals surface area contributed by atoms with Gasteiger partial charge in [0.05, 0.1) is 66.8 Å². The van der Waals surface area contributed by atoms with Crippen LogP contribution in [0.4, 0.5) is 5.69 Å². The number of esters is 2. The number of hydrogen-bond acceptors (Lipinski definition) is 10. The van der Waals surface area contributed by atoms with Crippen LogP contribution in [0.1, 0.15) is 93.0 Å². The van der Waals surface area contributed by atoms with Gasteiger partial charge in [-0.1, -0.05) is 66.7 Å². The lowest BCUT2D eigenvalue weighted by atomic mass is 9.96. The molecule has 4 atom stereocenters. The number of amides is 4. The van der Waals surface area contributed by atoms with Gasteiger partial charge in [-0.05, 0) is 62.1 Å². The smallest absolute Gasteiger partial charge is 0.303 e. The molecule has 4 N–H and O–H groups in total. The highest BCUT2D eigenvalue weighted by Crippen LogP contribution is 2.48. The normalized spacial score (nSPS) is 19.3. The average Bonchev–Trinajstić information content (AvgIpc) is 4.24. The van der Waals surface area contributed by atoms with E-state index in [-0.39, 0.29) is 64.9 Å². The Morgan fingerprint density at radius 3 is 1.41 bits per heavy atom. The fourth-order valence-electron chi connectivity index (χ4n) is 12.0. The van der Waals surface area contributed by atoms with Gasteiger partial charge in [0, 0.05) is 85.6 Å². The van der Waals surface area contributed by atoms with Crippen molar-refractivity contribution in [1.29, 1.82) is 0 Å². The average molecular weight is 972 g/mol. The zero-order valence-corrected chi connectivity index (χ0v) is 39.0. The Morgan fingerprint density at radius 2 is 0.959 bits per heavy atom. The summed E-state index contributed by atoms with van der Waals surface area (Å²) < 4.78 is 15.1. The molecule has 0 saturated carbocycles. The number of H-pyrrole nitrogens is 2. The molecule has 2 unspecified atom stereocenters. The van der Waals surface area contributed by atoms with E-state index in [1.165, 1.54) is 26.0 Å². The van der Waals surface area contributed by atoms with Crippen LogP contribution in [-0.2, 0) is 19.1 Å². The third kappa shape index (κ3) is 6.47. The number of hydrogen-bond donors (Lipinski definition) is 4. The second kappa shape index (κ2) is 16.1. The van der Waals surface area contributed by atoms with E-state index in [9.17, 15) is 38.9 Å². The number of aromatic nitrogens is 4. The van der Waals surface area contributed by atoms with Gasteiger partial charge < -0.3 is 28.6 Å². The molecule has 0 radical (unpaired) electrons. The first-order valence-corrected chi connectivity index (χ1v) is 24.0. The standard InChI is InChI=1S/C28H20N4O6.C28H21N3O4/c1-13(33)38-16-9-6-14(7-10-16)31-20-11-8-15(32(36)37)12-18(20)22-24-23(27(34)30-28(24)35)21-17-4-2-3-5-19(17)29-25(21)26(22)31;1-14(32)35-16-12-10-15(11-13-16)31-20-9-5-3-7-18(20)22-24-23(27(33)30-28(24)34)21-17-6-2-4-8-19(17)29-25(21)26(22)31/h2-6,8-9,11-12,14,16,29H,7,10H2,1H3,(H,30,34,35);2-10,12,15-16,29H,11,13H2,1H3,(H,30,33,34)/t14?,16-;15?,16-/m00/s1. The predicted octanol–water partition coefficient (Wildman–Crippen LogP) is 10.2. The number of aromatic amines is 2. The number of non-ortho nitro benzene ring substituents is 1. The van der Waals surface area contributed by atoms with Gasteiger partial charge in [0.15, 0.2) is 0 Å². The maximum atomic E-state index is 13.2. The minimum atomic E-state index is -0.526. The van der Waals surface area contributed by atoms with Gasteiger partial charge in [0.2, 0.25) is 0 Å². The number of allylic oxidation sites excluding steroid dienone is 2. The summed E-state index contributed by atoms with van der Waals surface area (Å²) in [6.07, 6.45) is 9.97. The van der Waals surface area contributed by atoms with Gasteiger partial charge in [-0.15, -0.1) is 0 Å². The molecule has 4 amide bonds. The van der Waals surface area contributed by atoms with Crippen molar-refractivity contribution in [3.8, 4) is 0 Å². The highest BCUT2D eigenvalue weighted by Gasteiger charge is 2.39. The van der Waals surface area contributed by atoms with Crippen LogP contribution in [0.25, 0.3) is 87.2 Å². The molecule has 14 rings (SSSR count). The lowest BCUT2D eigenvalue weighted by Crippen LogP contribution is -2.20. The predicted molar refractivity (Wildman–Crippen MR) is 274 cm³/mol. The summed E-state index contributed by atoms with van der Waals surface area (Å²) in [5, 5.41) is 22.5. The first kappa shape index (κ1) is 43.6. The van der Waals surface area contributed by atoms with Gasteiger partial charge in [-0.3, -0.25) is 49.5 Å². The van der Waals surface area contributed by atoms with Crippen LogP contribution in [0.2, 0.25) is 0 Å². The number of nitro groups is 1. The summed E-state index contributed by atoms with van der Waals surface area (Å²) in [5.41, 5.74) is 7.79. The largest absolute Gasteiger partial charge is 0.458 e. The van der Waals surface area contributed by atoms with E-state index >= 15 is 0 Å². The summed E-state index contributed by atoms with van der Waals surface area (Å²) in [4.78, 5) is 93.7. The van der Waals surface area contributed by atoms with E-state index in [0.29, 0.717) is 63.1 Å². The molecule has 4 aromatic heterocycles. The third-order valence-electron chi connectivity index (χ3n) is 14.7. The Kier molecular flexibility index (Phi) is 9.61. The van der Waals surface area contributed by atoms with Crippen molar-refractivity contribution in [3.05, 3.63) is 148 Å². The van der Waals surface area contributed by atoms with Gasteiger partial charge >= 0.3 is 11.9 Å². The number of benzene rings is 6. The zero-order valence-electron chi connectivity index (χ0n) is 39.0. The summed E-state index contributed by atoms with van der Waals surface area (Å²) in [7, 11) is 0. The highest BCUT2D eigenvalue weighted by molar-refractivity contribution is 6.41. The fourth-order valence-corrected chi connectivity index (χ4v) is 12.0. The summed E-state index contributed by atoms with van der Waals surface area (Å²) in [6, 6.07) is 27.8. The van der Waals surface area contributed by atoms with E-state index in [2.05, 4.69) is 41.9 Å². The maximum absolute atomic E-state index is 13.2. The molecule has 0 spiro atoms. The number of nitrogens with zero attached hydrogens (tertiary/aromatic N) is 3. The topological polar surface area (TPSA) is 230 Å². The van der Waals surface area contributed by atoms with Gasteiger partial charge in [0.1, 0.15) is 12.2 Å². The fraction of sp³-hybridized carbons (Fsp3) is 0.179. The second-order valence-corrected chi connectivity index (χ2v) is 18.9. The summed E-state index contributed by atoms with van der Waals surface area (Å²) >= 11 is 0. The number of imide groups is 2. The van der Waals surface area contributed by atoms with Gasteiger partial charge in [-0.2, -0.15) is 0 Å². The Labute approximate surface area is 411 Å². The van der Waals surface area contributed by atoms with E-state index in [0.717, 1.165) is 60.9 Å². The van der Waals surface area contributed by atoms with Crippen LogP contribution in [0, 0.1) is 10.1 Å². The number of para-hydroxylation sites is 3. The molecule has 17 heteroatoms. The molecule has 10 aromatic rings. The van der Waals surface area contributed by atoms with Crippen molar-refractivity contribution in [3.63, 3.8) is 0 Å². The molecule has 17 nitrogen and oxygen atoms in total. The Morgan fingerprint density at radius 1 is 0.534 bits per heavy atom. The SMILES string of the molecule is CC(=O)O[C@H]1C=CC(n2c3ccc([N+](=O)[O-])cc3c3c4c(c5c6ccccc6[nH]c5c32)C(=O)NC4=O)CC1.CC(=O)O[C@H]1C=CC(n2c3ccccc3c3c4c(c5c6ccccc6[nH]c5c32)C(=O)NC4=O)CC1. The summed E-state index contributed by atoms with van der Waals surface area (Å²) in [6.45, 7) is 2.80. The van der Waals surface area contributed by atoms with Crippen molar-refractivity contribution in [1.82, 2.24) is 29.7 Å². The maximum Gasteiger partial charge on any atom is 0.303 e. The van der Waals surface area contributed by atoms with Crippen molar-refractivity contribution in [2.24, 2.45) is 0 Å². The second-order valence-electron chi connectivity index (χ2n) is 18.9. The molecule has 2 aliphatic carbocycles. The third-order valence-corrected chi connectivity index (χ3v) is 14.7. The van der Waals surface area contributed by atoms with Crippen molar-refractivity contribution in [2.75, 3.05) is 0 Å². The number of carbonyl (C=O) groups excluding carboxylic acids is 6. The number of ether oxygens (including phenoxy) is 2. The lowest BCUT2D eigenvalue weighted by molar-refractivity contribution is -0.384. The van der Waals surface area contributed by atoms with Gasteiger partial charge in [-0.25, -0.2) is 0 Å². The van der Waals surface area contributed by atoms with Crippen molar-refractivity contribution < 1.29 is 43.2 Å².